The van der Waals surface area contributed by atoms with Crippen LogP contribution >= 0.6 is 11.6 Å². The summed E-state index contributed by atoms with van der Waals surface area (Å²) in [6.07, 6.45) is 0. The molecule has 33 heavy (non-hydrogen) atoms. The maximum atomic E-state index is 13.6. The number of amides is 3. The van der Waals surface area contributed by atoms with Crippen molar-refractivity contribution < 1.29 is 14.0 Å². The number of rotatable bonds is 7. The first kappa shape index (κ1) is 24.2. The van der Waals surface area contributed by atoms with Gasteiger partial charge in [-0.05, 0) is 80.3 Å². The monoisotopic (exact) mass is 468 g/mol. The fraction of sp³-hybridized carbons (Fsp3) is 0.200. The lowest BCUT2D eigenvalue weighted by Crippen LogP contribution is -2.36. The number of halogens is 2. The molecule has 172 valence electrons. The Morgan fingerprint density at radius 3 is 2.24 bits per heavy atom. The van der Waals surface area contributed by atoms with Crippen molar-refractivity contribution in [2.24, 2.45) is 0 Å². The van der Waals surface area contributed by atoms with Crippen molar-refractivity contribution in [3.63, 3.8) is 0 Å². The second-order valence-electron chi connectivity index (χ2n) is 7.79. The predicted octanol–water partition coefficient (Wildman–Crippen LogP) is 5.18. The van der Waals surface area contributed by atoms with Crippen LogP contribution in [0.2, 0.25) is 5.02 Å². The molecule has 0 saturated heterocycles. The summed E-state index contributed by atoms with van der Waals surface area (Å²) in [5, 5.41) is 6.16. The Kier molecular flexibility index (Phi) is 8.03. The average Bonchev–Trinajstić information content (AvgIpc) is 2.79. The zero-order valence-corrected chi connectivity index (χ0v) is 19.4. The molecule has 0 spiro atoms. The maximum Gasteiger partial charge on any atom is 0.319 e. The first-order valence-electron chi connectivity index (χ1n) is 10.3. The number of carbonyl (C=O) groups excluding carboxylic acids is 2. The van der Waals surface area contributed by atoms with Crippen molar-refractivity contribution in [2.75, 3.05) is 37.9 Å². The van der Waals surface area contributed by atoms with E-state index in [1.54, 1.807) is 61.6 Å². The van der Waals surface area contributed by atoms with Gasteiger partial charge in [-0.25, -0.2) is 9.18 Å². The summed E-state index contributed by atoms with van der Waals surface area (Å²) in [5.41, 5.74) is 2.56. The summed E-state index contributed by atoms with van der Waals surface area (Å²) in [6.45, 7) is 0.304. The maximum absolute atomic E-state index is 13.6. The minimum atomic E-state index is -0.378. The number of urea groups is 1. The van der Waals surface area contributed by atoms with E-state index in [-0.39, 0.29) is 23.8 Å². The number of anilines is 2. The lowest BCUT2D eigenvalue weighted by atomic mass is 10.1. The van der Waals surface area contributed by atoms with E-state index in [0.29, 0.717) is 28.5 Å². The number of likely N-dealkylation sites (N-methyl/N-ethyl adjacent to an activating group) is 1. The Bertz CT molecular complexity index is 1100. The second kappa shape index (κ2) is 10.9. The van der Waals surface area contributed by atoms with Crippen LogP contribution in [0.1, 0.15) is 22.0 Å². The fourth-order valence-corrected chi connectivity index (χ4v) is 3.47. The van der Waals surface area contributed by atoms with E-state index in [1.165, 1.54) is 17.0 Å². The minimum Gasteiger partial charge on any atom is -0.336 e. The van der Waals surface area contributed by atoms with E-state index in [2.05, 4.69) is 10.6 Å². The molecule has 0 aliphatic heterocycles. The van der Waals surface area contributed by atoms with Gasteiger partial charge in [-0.3, -0.25) is 4.79 Å². The highest BCUT2D eigenvalue weighted by atomic mass is 35.5. The molecule has 3 amide bonds. The Balaban J connectivity index is 1.58. The molecule has 0 heterocycles. The van der Waals surface area contributed by atoms with Crippen molar-refractivity contribution >= 4 is 34.9 Å². The molecule has 3 aromatic carbocycles. The van der Waals surface area contributed by atoms with E-state index in [9.17, 15) is 14.0 Å². The highest BCUT2D eigenvalue weighted by molar-refractivity contribution is 6.30. The Morgan fingerprint density at radius 2 is 1.64 bits per heavy atom. The number of nitrogens with one attached hydrogen (secondary N) is 2. The fourth-order valence-electron chi connectivity index (χ4n) is 3.35. The average molecular weight is 469 g/mol. The zero-order valence-electron chi connectivity index (χ0n) is 18.7. The van der Waals surface area contributed by atoms with Crippen LogP contribution in [-0.4, -0.2) is 44.5 Å². The highest BCUT2D eigenvalue weighted by Gasteiger charge is 2.17. The lowest BCUT2D eigenvalue weighted by Gasteiger charge is -2.25. The number of benzene rings is 3. The highest BCUT2D eigenvalue weighted by Crippen LogP contribution is 2.21. The number of hydrogen-bond donors (Lipinski definition) is 2. The summed E-state index contributed by atoms with van der Waals surface area (Å²) in [6, 6.07) is 19.4. The molecule has 0 bridgehead atoms. The molecule has 0 radical (unpaired) electrons. The number of hydrogen-bond acceptors (Lipinski definition) is 3. The van der Waals surface area contributed by atoms with Crippen LogP contribution in [-0.2, 0) is 0 Å². The largest absolute Gasteiger partial charge is 0.336 e. The summed E-state index contributed by atoms with van der Waals surface area (Å²) < 4.78 is 13.6. The molecule has 3 rings (SSSR count). The van der Waals surface area contributed by atoms with Crippen molar-refractivity contribution in [1.82, 2.24) is 10.2 Å². The predicted molar refractivity (Wildman–Crippen MR) is 130 cm³/mol. The van der Waals surface area contributed by atoms with E-state index >= 15 is 0 Å². The van der Waals surface area contributed by atoms with Gasteiger partial charge in [-0.1, -0.05) is 23.7 Å². The first-order chi connectivity index (χ1) is 15.7. The molecule has 1 unspecified atom stereocenters. The quantitative estimate of drug-likeness (QED) is 0.502. The van der Waals surface area contributed by atoms with Crippen LogP contribution in [0.3, 0.4) is 0 Å². The Morgan fingerprint density at radius 1 is 0.970 bits per heavy atom. The topological polar surface area (TPSA) is 64.7 Å². The van der Waals surface area contributed by atoms with Gasteiger partial charge < -0.3 is 20.4 Å². The van der Waals surface area contributed by atoms with Crippen LogP contribution < -0.4 is 15.5 Å². The summed E-state index contributed by atoms with van der Waals surface area (Å²) in [4.78, 5) is 28.5. The molecule has 2 N–H and O–H groups in total. The van der Waals surface area contributed by atoms with Crippen molar-refractivity contribution in [3.05, 3.63) is 94.8 Å². The molecule has 0 aliphatic carbocycles. The van der Waals surface area contributed by atoms with Crippen LogP contribution in [0.4, 0.5) is 20.6 Å². The van der Waals surface area contributed by atoms with E-state index in [4.69, 9.17) is 11.6 Å². The minimum absolute atomic E-state index is 0.169. The summed E-state index contributed by atoms with van der Waals surface area (Å²) in [7, 11) is 5.42. The second-order valence-corrected chi connectivity index (χ2v) is 8.22. The van der Waals surface area contributed by atoms with E-state index < -0.39 is 0 Å². The third-order valence-electron chi connectivity index (χ3n) is 5.22. The van der Waals surface area contributed by atoms with Crippen LogP contribution in [0.25, 0.3) is 0 Å². The molecular weight excluding hydrogens is 443 g/mol. The van der Waals surface area contributed by atoms with E-state index in [1.807, 2.05) is 25.1 Å². The molecule has 0 aromatic heterocycles. The normalized spacial score (nSPS) is 11.7. The zero-order chi connectivity index (χ0) is 24.0. The lowest BCUT2D eigenvalue weighted by molar-refractivity contribution is 0.0993. The van der Waals surface area contributed by atoms with Crippen LogP contribution in [0.5, 0.6) is 0 Å². The molecular formula is C25H26ClFN4O2. The standard InChI is InChI=1S/C25H26ClFN4O2/c1-30(2)23(18-5-4-6-20(27)15-18)16-28-25(33)29-21-11-13-22(14-12-21)31(3)24(32)17-7-9-19(26)10-8-17/h4-15,23H,16H2,1-3H3,(H2,28,29,33). The van der Waals surface area contributed by atoms with Gasteiger partial charge in [0.1, 0.15) is 5.82 Å². The molecule has 8 heteroatoms. The van der Waals surface area contributed by atoms with Gasteiger partial charge in [0.05, 0.1) is 6.04 Å². The van der Waals surface area contributed by atoms with Crippen molar-refractivity contribution in [3.8, 4) is 0 Å². The third kappa shape index (κ3) is 6.54. The van der Waals surface area contributed by atoms with Crippen LogP contribution in [0, 0.1) is 5.82 Å². The van der Waals surface area contributed by atoms with Crippen LogP contribution in [0.15, 0.2) is 72.8 Å². The van der Waals surface area contributed by atoms with Gasteiger partial charge in [-0.2, -0.15) is 0 Å². The van der Waals surface area contributed by atoms with Gasteiger partial charge in [0, 0.05) is 35.6 Å². The van der Waals surface area contributed by atoms with E-state index in [0.717, 1.165) is 5.56 Å². The van der Waals surface area contributed by atoms with Crippen molar-refractivity contribution in [1.29, 1.82) is 0 Å². The Labute approximate surface area is 198 Å². The third-order valence-corrected chi connectivity index (χ3v) is 5.47. The summed E-state index contributed by atoms with van der Waals surface area (Å²) >= 11 is 5.88. The molecule has 1 atom stereocenters. The molecule has 6 nitrogen and oxygen atoms in total. The van der Waals surface area contributed by atoms with Gasteiger partial charge in [0.25, 0.3) is 5.91 Å². The van der Waals surface area contributed by atoms with Crippen molar-refractivity contribution in [2.45, 2.75) is 6.04 Å². The van der Waals surface area contributed by atoms with Gasteiger partial charge in [0.2, 0.25) is 0 Å². The molecule has 0 aliphatic rings. The van der Waals surface area contributed by atoms with Gasteiger partial charge >= 0.3 is 6.03 Å². The molecule has 0 saturated carbocycles. The summed E-state index contributed by atoms with van der Waals surface area (Å²) in [5.74, 6) is -0.486. The smallest absolute Gasteiger partial charge is 0.319 e. The number of nitrogens with zero attached hydrogens (tertiary/aromatic N) is 2. The first-order valence-corrected chi connectivity index (χ1v) is 10.7. The van der Waals surface area contributed by atoms with Gasteiger partial charge in [-0.15, -0.1) is 0 Å². The Hall–Kier alpha value is -3.42. The van der Waals surface area contributed by atoms with Gasteiger partial charge in [0.15, 0.2) is 0 Å². The SMILES string of the molecule is CN(C(=O)c1ccc(Cl)cc1)c1ccc(NC(=O)NCC(c2cccc(F)c2)N(C)C)cc1. The molecule has 0 fully saturated rings. The molecule has 3 aromatic rings. The number of carbonyl (C=O) groups is 2.